The lowest BCUT2D eigenvalue weighted by Crippen LogP contribution is -2.32. The summed E-state index contributed by atoms with van der Waals surface area (Å²) in [5, 5.41) is 0. The van der Waals surface area contributed by atoms with Gasteiger partial charge in [0.25, 0.3) is 0 Å². The maximum absolute atomic E-state index is 11.8. The van der Waals surface area contributed by atoms with Crippen LogP contribution >= 0.6 is 0 Å². The molecule has 94 valence electrons. The zero-order chi connectivity index (χ0) is 13.2. The van der Waals surface area contributed by atoms with E-state index in [0.29, 0.717) is 6.54 Å². The molecule has 0 bridgehead atoms. The van der Waals surface area contributed by atoms with Crippen molar-refractivity contribution in [2.45, 2.75) is 13.5 Å². The molecule has 0 spiro atoms. The molecule has 1 amide bonds. The molecule has 0 unspecified atom stereocenters. The highest BCUT2D eigenvalue weighted by molar-refractivity contribution is 5.68. The third-order valence-electron chi connectivity index (χ3n) is 2.31. The second-order valence-corrected chi connectivity index (χ2v) is 3.69. The van der Waals surface area contributed by atoms with Gasteiger partial charge < -0.3 is 4.74 Å². The van der Waals surface area contributed by atoms with E-state index in [1.165, 1.54) is 4.90 Å². The van der Waals surface area contributed by atoms with Crippen LogP contribution in [0.15, 0.2) is 42.5 Å². The van der Waals surface area contributed by atoms with Gasteiger partial charge >= 0.3 is 6.09 Å². The molecular weight excluding hydrogens is 226 g/mol. The fraction of sp³-hybridized carbons (Fsp3) is 0.267. The number of terminal acetylenes is 1. The van der Waals surface area contributed by atoms with Crippen LogP contribution in [0.2, 0.25) is 0 Å². The van der Waals surface area contributed by atoms with Gasteiger partial charge in [0.15, 0.2) is 0 Å². The Kier molecular flexibility index (Phi) is 6.13. The lowest BCUT2D eigenvalue weighted by Gasteiger charge is -2.17. The summed E-state index contributed by atoms with van der Waals surface area (Å²) in [7, 11) is 0. The second-order valence-electron chi connectivity index (χ2n) is 3.69. The summed E-state index contributed by atoms with van der Waals surface area (Å²) in [6.07, 6.45) is 8.56. The van der Waals surface area contributed by atoms with Crippen LogP contribution in [0.5, 0.6) is 0 Å². The van der Waals surface area contributed by atoms with E-state index in [-0.39, 0.29) is 13.2 Å². The minimum atomic E-state index is -0.394. The summed E-state index contributed by atoms with van der Waals surface area (Å²) in [6, 6.07) is 9.54. The van der Waals surface area contributed by atoms with Crippen LogP contribution in [-0.4, -0.2) is 24.1 Å². The van der Waals surface area contributed by atoms with E-state index >= 15 is 0 Å². The molecular formula is C15H17NO2. The minimum Gasteiger partial charge on any atom is -0.445 e. The molecule has 0 aliphatic carbocycles. The Balaban J connectivity index is 2.49. The summed E-state index contributed by atoms with van der Waals surface area (Å²) in [6.45, 7) is 2.87. The fourth-order valence-corrected chi connectivity index (χ4v) is 1.36. The first-order chi connectivity index (χ1) is 8.77. The van der Waals surface area contributed by atoms with E-state index in [1.54, 1.807) is 0 Å². The number of hydrogen-bond acceptors (Lipinski definition) is 2. The molecule has 0 saturated heterocycles. The molecule has 1 aromatic rings. The van der Waals surface area contributed by atoms with Gasteiger partial charge in [-0.1, -0.05) is 48.4 Å². The molecule has 0 aromatic heterocycles. The van der Waals surface area contributed by atoms with Gasteiger partial charge in [0.2, 0.25) is 0 Å². The largest absolute Gasteiger partial charge is 0.445 e. The van der Waals surface area contributed by atoms with Crippen LogP contribution in [0.25, 0.3) is 0 Å². The number of amides is 1. The summed E-state index contributed by atoms with van der Waals surface area (Å²) in [4.78, 5) is 13.3. The van der Waals surface area contributed by atoms with Gasteiger partial charge in [-0.2, -0.15) is 0 Å². The number of ether oxygens (including phenoxy) is 1. The number of benzene rings is 1. The SMILES string of the molecule is C#CCN(C/C=C/C)C(=O)OCc1ccccc1. The first kappa shape index (κ1) is 13.9. The Hall–Kier alpha value is -2.21. The van der Waals surface area contributed by atoms with Gasteiger partial charge in [0.05, 0.1) is 6.54 Å². The van der Waals surface area contributed by atoms with Crippen molar-refractivity contribution in [2.75, 3.05) is 13.1 Å². The van der Waals surface area contributed by atoms with Gasteiger partial charge in [0.1, 0.15) is 6.61 Å². The molecule has 3 heteroatoms. The zero-order valence-electron chi connectivity index (χ0n) is 10.5. The Morgan fingerprint density at radius 1 is 1.44 bits per heavy atom. The summed E-state index contributed by atoms with van der Waals surface area (Å²) in [5.74, 6) is 2.45. The topological polar surface area (TPSA) is 29.5 Å². The van der Waals surface area contributed by atoms with Crippen LogP contribution in [0.1, 0.15) is 12.5 Å². The first-order valence-electron chi connectivity index (χ1n) is 5.78. The van der Waals surface area contributed by atoms with E-state index < -0.39 is 6.09 Å². The minimum absolute atomic E-state index is 0.248. The second kappa shape index (κ2) is 7.97. The predicted molar refractivity (Wildman–Crippen MR) is 71.8 cm³/mol. The van der Waals surface area contributed by atoms with E-state index in [4.69, 9.17) is 11.2 Å². The molecule has 0 aliphatic rings. The normalized spacial score (nSPS) is 10.0. The number of allylic oxidation sites excluding steroid dienone is 1. The van der Waals surface area contributed by atoms with Crippen molar-refractivity contribution in [1.82, 2.24) is 4.90 Å². The monoisotopic (exact) mass is 243 g/mol. The van der Waals surface area contributed by atoms with Crippen molar-refractivity contribution in [3.63, 3.8) is 0 Å². The maximum Gasteiger partial charge on any atom is 0.411 e. The van der Waals surface area contributed by atoms with E-state index in [1.807, 2.05) is 49.4 Å². The third-order valence-corrected chi connectivity index (χ3v) is 2.31. The molecule has 3 nitrogen and oxygen atoms in total. The Morgan fingerprint density at radius 2 is 2.17 bits per heavy atom. The highest BCUT2D eigenvalue weighted by Gasteiger charge is 2.12. The van der Waals surface area contributed by atoms with Gasteiger partial charge in [-0.15, -0.1) is 6.42 Å². The average molecular weight is 243 g/mol. The quantitative estimate of drug-likeness (QED) is 0.588. The molecule has 0 atom stereocenters. The van der Waals surface area contributed by atoms with Crippen molar-refractivity contribution < 1.29 is 9.53 Å². The molecule has 0 aliphatic heterocycles. The molecule has 0 heterocycles. The van der Waals surface area contributed by atoms with Crippen molar-refractivity contribution in [2.24, 2.45) is 0 Å². The van der Waals surface area contributed by atoms with Crippen molar-refractivity contribution in [3.8, 4) is 12.3 Å². The van der Waals surface area contributed by atoms with Gasteiger partial charge in [-0.3, -0.25) is 4.90 Å². The van der Waals surface area contributed by atoms with Crippen LogP contribution in [-0.2, 0) is 11.3 Å². The number of carbonyl (C=O) groups excluding carboxylic acids is 1. The van der Waals surface area contributed by atoms with Crippen LogP contribution < -0.4 is 0 Å². The standard InChI is InChI=1S/C15H17NO2/c1-3-5-12-16(11-4-2)15(17)18-13-14-9-7-6-8-10-14/h2-3,5-10H,11-13H2,1H3/b5-3+. The number of rotatable bonds is 5. The Bertz CT molecular complexity index is 432. The van der Waals surface area contributed by atoms with E-state index in [0.717, 1.165) is 5.56 Å². The molecule has 0 N–H and O–H groups in total. The molecule has 0 saturated carbocycles. The van der Waals surface area contributed by atoms with Gasteiger partial charge in [-0.05, 0) is 12.5 Å². The highest BCUT2D eigenvalue weighted by atomic mass is 16.6. The van der Waals surface area contributed by atoms with E-state index in [2.05, 4.69) is 5.92 Å². The van der Waals surface area contributed by atoms with Crippen molar-refractivity contribution in [1.29, 1.82) is 0 Å². The lowest BCUT2D eigenvalue weighted by molar-refractivity contribution is 0.104. The van der Waals surface area contributed by atoms with Gasteiger partial charge in [0, 0.05) is 6.54 Å². The average Bonchev–Trinajstić information content (AvgIpc) is 2.42. The molecule has 1 rings (SSSR count). The lowest BCUT2D eigenvalue weighted by atomic mass is 10.2. The predicted octanol–water partition coefficient (Wildman–Crippen LogP) is 2.83. The molecule has 18 heavy (non-hydrogen) atoms. The Labute approximate surface area is 108 Å². The highest BCUT2D eigenvalue weighted by Crippen LogP contribution is 2.03. The van der Waals surface area contributed by atoms with Crippen molar-refractivity contribution >= 4 is 6.09 Å². The number of nitrogens with zero attached hydrogens (tertiary/aromatic N) is 1. The van der Waals surface area contributed by atoms with Crippen LogP contribution in [0.4, 0.5) is 4.79 Å². The third kappa shape index (κ3) is 4.75. The van der Waals surface area contributed by atoms with Crippen LogP contribution in [0, 0.1) is 12.3 Å². The smallest absolute Gasteiger partial charge is 0.411 e. The van der Waals surface area contributed by atoms with Crippen molar-refractivity contribution in [3.05, 3.63) is 48.0 Å². The molecule has 0 fully saturated rings. The first-order valence-corrected chi connectivity index (χ1v) is 5.78. The number of carbonyl (C=O) groups is 1. The summed E-state index contributed by atoms with van der Waals surface area (Å²) in [5.41, 5.74) is 0.956. The van der Waals surface area contributed by atoms with E-state index in [9.17, 15) is 4.79 Å². The fourth-order valence-electron chi connectivity index (χ4n) is 1.36. The molecule has 0 radical (unpaired) electrons. The maximum atomic E-state index is 11.8. The number of hydrogen-bond donors (Lipinski definition) is 0. The van der Waals surface area contributed by atoms with Crippen LogP contribution in [0.3, 0.4) is 0 Å². The summed E-state index contributed by atoms with van der Waals surface area (Å²) < 4.78 is 5.20. The Morgan fingerprint density at radius 3 is 2.78 bits per heavy atom. The summed E-state index contributed by atoms with van der Waals surface area (Å²) >= 11 is 0. The molecule has 1 aromatic carbocycles. The van der Waals surface area contributed by atoms with Gasteiger partial charge in [-0.25, -0.2) is 4.79 Å². The zero-order valence-corrected chi connectivity index (χ0v) is 10.5.